The van der Waals surface area contributed by atoms with Crippen LogP contribution in [0.15, 0.2) is 60.7 Å². The van der Waals surface area contributed by atoms with Crippen molar-refractivity contribution in [3.05, 3.63) is 71.8 Å². The molecule has 0 fully saturated rings. The quantitative estimate of drug-likeness (QED) is 0.597. The van der Waals surface area contributed by atoms with Crippen LogP contribution in [0.25, 0.3) is 0 Å². The zero-order chi connectivity index (χ0) is 17.4. The second kappa shape index (κ2) is 9.21. The number of aliphatic hydroxyl groups excluding tert-OH is 1. The molecule has 1 aromatic rings. The van der Waals surface area contributed by atoms with Crippen molar-refractivity contribution in [3.63, 3.8) is 0 Å². The van der Waals surface area contributed by atoms with Gasteiger partial charge in [-0.3, -0.25) is 9.69 Å². The molecule has 4 nitrogen and oxygen atoms in total. The van der Waals surface area contributed by atoms with E-state index in [1.165, 1.54) is 11.1 Å². The minimum absolute atomic E-state index is 0.182. The van der Waals surface area contributed by atoms with Crippen LogP contribution < -0.4 is 5.32 Å². The molecule has 0 saturated carbocycles. The van der Waals surface area contributed by atoms with Crippen LogP contribution in [-0.2, 0) is 17.8 Å². The molecule has 1 unspecified atom stereocenters. The fraction of sp³-hybridized carbons (Fsp3) is 0.350. The van der Waals surface area contributed by atoms with Gasteiger partial charge in [-0.15, -0.1) is 0 Å². The Hall–Kier alpha value is -2.17. The van der Waals surface area contributed by atoms with Gasteiger partial charge in [0.1, 0.15) is 0 Å². The molecule has 2 rings (SSSR count). The van der Waals surface area contributed by atoms with Crippen molar-refractivity contribution in [2.45, 2.75) is 26.0 Å². The number of allylic oxidation sites excluding steroid dienone is 3. The Bertz CT molecular complexity index is 634. The zero-order valence-corrected chi connectivity index (χ0v) is 14.2. The highest BCUT2D eigenvalue weighted by molar-refractivity contribution is 5.96. The number of benzene rings is 1. The lowest BCUT2D eigenvalue weighted by atomic mass is 10.00. The van der Waals surface area contributed by atoms with E-state index in [1.54, 1.807) is 24.3 Å². The third kappa shape index (κ3) is 5.18. The fourth-order valence-corrected chi connectivity index (χ4v) is 2.86. The average molecular weight is 326 g/mol. The summed E-state index contributed by atoms with van der Waals surface area (Å²) in [6, 6.07) is 8.42. The van der Waals surface area contributed by atoms with Gasteiger partial charge in [0.15, 0.2) is 0 Å². The van der Waals surface area contributed by atoms with Crippen molar-refractivity contribution in [1.82, 2.24) is 10.2 Å². The first-order chi connectivity index (χ1) is 11.6. The van der Waals surface area contributed by atoms with E-state index < -0.39 is 6.10 Å². The van der Waals surface area contributed by atoms with E-state index in [0.29, 0.717) is 12.1 Å². The molecule has 1 atom stereocenters. The van der Waals surface area contributed by atoms with Crippen molar-refractivity contribution >= 4 is 5.91 Å². The normalized spacial score (nSPS) is 16.7. The molecule has 1 aliphatic heterocycles. The Morgan fingerprint density at radius 1 is 1.42 bits per heavy atom. The minimum Gasteiger partial charge on any atom is -0.390 e. The van der Waals surface area contributed by atoms with Crippen LogP contribution in [0.5, 0.6) is 0 Å². The largest absolute Gasteiger partial charge is 0.390 e. The molecule has 24 heavy (non-hydrogen) atoms. The van der Waals surface area contributed by atoms with Crippen molar-refractivity contribution in [1.29, 1.82) is 0 Å². The summed E-state index contributed by atoms with van der Waals surface area (Å²) >= 11 is 0. The van der Waals surface area contributed by atoms with E-state index in [9.17, 15) is 9.90 Å². The molecule has 1 aromatic carbocycles. The summed E-state index contributed by atoms with van der Waals surface area (Å²) in [6.45, 7) is 7.99. The smallest absolute Gasteiger partial charge is 0.251 e. The third-order valence-corrected chi connectivity index (χ3v) is 4.16. The molecule has 128 valence electrons. The minimum atomic E-state index is -0.583. The van der Waals surface area contributed by atoms with Crippen LogP contribution in [-0.4, -0.2) is 41.7 Å². The number of carbonyl (C=O) groups is 1. The molecule has 1 heterocycles. The summed E-state index contributed by atoms with van der Waals surface area (Å²) in [5.41, 5.74) is 3.28. The van der Waals surface area contributed by atoms with Crippen LogP contribution in [0, 0.1) is 0 Å². The van der Waals surface area contributed by atoms with Crippen LogP contribution >= 0.6 is 0 Å². The molecule has 0 spiro atoms. The van der Waals surface area contributed by atoms with Gasteiger partial charge in [0.05, 0.1) is 6.10 Å². The first-order valence-corrected chi connectivity index (χ1v) is 8.35. The summed E-state index contributed by atoms with van der Waals surface area (Å²) in [5.74, 6) is -0.182. The molecule has 0 aromatic heterocycles. The lowest BCUT2D eigenvalue weighted by Gasteiger charge is -2.30. The summed E-state index contributed by atoms with van der Waals surface area (Å²) in [7, 11) is 0. The average Bonchev–Trinajstić information content (AvgIpc) is 2.60. The summed E-state index contributed by atoms with van der Waals surface area (Å²) < 4.78 is 0. The molecule has 0 radical (unpaired) electrons. The van der Waals surface area contributed by atoms with Crippen molar-refractivity contribution in [2.24, 2.45) is 0 Å². The number of hydrogen-bond acceptors (Lipinski definition) is 3. The first kappa shape index (κ1) is 18.2. The molecule has 1 amide bonds. The molecule has 4 heteroatoms. The zero-order valence-electron chi connectivity index (χ0n) is 14.2. The Morgan fingerprint density at radius 2 is 2.17 bits per heavy atom. The van der Waals surface area contributed by atoms with Gasteiger partial charge in [0.2, 0.25) is 0 Å². The molecule has 2 N–H and O–H groups in total. The van der Waals surface area contributed by atoms with Gasteiger partial charge in [-0.05, 0) is 30.5 Å². The van der Waals surface area contributed by atoms with Crippen LogP contribution in [0.4, 0.5) is 0 Å². The maximum absolute atomic E-state index is 12.1. The molecular formula is C20H26N2O2. The van der Waals surface area contributed by atoms with Gasteiger partial charge >= 0.3 is 0 Å². The number of aliphatic hydroxyl groups is 1. The second-order valence-corrected chi connectivity index (χ2v) is 5.96. The monoisotopic (exact) mass is 326 g/mol. The van der Waals surface area contributed by atoms with Crippen LogP contribution in [0.3, 0.4) is 0 Å². The van der Waals surface area contributed by atoms with Gasteiger partial charge in [0, 0.05) is 31.8 Å². The topological polar surface area (TPSA) is 52.6 Å². The van der Waals surface area contributed by atoms with E-state index in [2.05, 4.69) is 35.0 Å². The van der Waals surface area contributed by atoms with E-state index in [-0.39, 0.29) is 12.5 Å². The predicted molar refractivity (Wildman–Crippen MR) is 97.5 cm³/mol. The van der Waals surface area contributed by atoms with E-state index in [4.69, 9.17) is 0 Å². The molecule has 0 bridgehead atoms. The van der Waals surface area contributed by atoms with Gasteiger partial charge in [-0.25, -0.2) is 0 Å². The summed E-state index contributed by atoms with van der Waals surface area (Å²) in [5, 5.41) is 13.0. The highest BCUT2D eigenvalue weighted by Crippen LogP contribution is 2.18. The summed E-state index contributed by atoms with van der Waals surface area (Å²) in [6.07, 6.45) is 7.21. The third-order valence-electron chi connectivity index (χ3n) is 4.16. The predicted octanol–water partition coefficient (Wildman–Crippen LogP) is 2.21. The van der Waals surface area contributed by atoms with Crippen molar-refractivity contribution in [2.75, 3.05) is 19.6 Å². The number of rotatable bonds is 7. The fourth-order valence-electron chi connectivity index (χ4n) is 2.86. The standard InChI is InChI=1S/C20H26N2O2/c1-3-5-8-16(4-2)20(24)21-13-19(23)15-22-12-11-17-9-6-7-10-18(17)14-22/h3-10,19,23H,1,11-15H2,2H3,(H,21,24)/b8-5-,16-4+. The van der Waals surface area contributed by atoms with Crippen molar-refractivity contribution < 1.29 is 9.90 Å². The Kier molecular flexibility index (Phi) is 6.97. The summed E-state index contributed by atoms with van der Waals surface area (Å²) in [4.78, 5) is 14.3. The van der Waals surface area contributed by atoms with Gasteiger partial charge in [0.25, 0.3) is 5.91 Å². The van der Waals surface area contributed by atoms with E-state index in [1.807, 2.05) is 13.0 Å². The number of amides is 1. The SMILES string of the molecule is C=C/C=C\C(=C/C)C(=O)NCC(O)CN1CCc2ccccc2C1. The number of carbonyl (C=O) groups excluding carboxylic acids is 1. The van der Waals surface area contributed by atoms with Gasteiger partial charge in [-0.2, -0.15) is 0 Å². The van der Waals surface area contributed by atoms with E-state index in [0.717, 1.165) is 19.5 Å². The second-order valence-electron chi connectivity index (χ2n) is 5.96. The highest BCUT2D eigenvalue weighted by atomic mass is 16.3. The number of nitrogens with one attached hydrogen (secondary N) is 1. The molecule has 0 aliphatic carbocycles. The lowest BCUT2D eigenvalue weighted by Crippen LogP contribution is -2.42. The Morgan fingerprint density at radius 3 is 2.88 bits per heavy atom. The molecule has 1 aliphatic rings. The first-order valence-electron chi connectivity index (χ1n) is 8.35. The van der Waals surface area contributed by atoms with Crippen LogP contribution in [0.1, 0.15) is 18.1 Å². The van der Waals surface area contributed by atoms with E-state index >= 15 is 0 Å². The molecular weight excluding hydrogens is 300 g/mol. The lowest BCUT2D eigenvalue weighted by molar-refractivity contribution is -0.117. The maximum Gasteiger partial charge on any atom is 0.251 e. The number of β-amino-alcohol motifs (C(OH)–C–C–N with tert-alkyl or cyclic N) is 1. The number of hydrogen-bond donors (Lipinski definition) is 2. The Labute approximate surface area is 144 Å². The number of nitrogens with zero attached hydrogens (tertiary/aromatic N) is 1. The van der Waals surface area contributed by atoms with Crippen LogP contribution in [0.2, 0.25) is 0 Å². The molecule has 0 saturated heterocycles. The maximum atomic E-state index is 12.1. The Balaban J connectivity index is 1.80. The highest BCUT2D eigenvalue weighted by Gasteiger charge is 2.18. The van der Waals surface area contributed by atoms with Gasteiger partial charge in [-0.1, -0.05) is 49.1 Å². The van der Waals surface area contributed by atoms with Crippen molar-refractivity contribution in [3.8, 4) is 0 Å². The van der Waals surface area contributed by atoms with Gasteiger partial charge < -0.3 is 10.4 Å². The number of fused-ring (bicyclic) bond motifs is 1.